The molecular weight excluding hydrogens is 797 g/mol. The lowest BCUT2D eigenvalue weighted by atomic mass is 9.67. The maximum absolute atomic E-state index is 5.42. The normalized spacial score (nSPS) is 13.9. The summed E-state index contributed by atoms with van der Waals surface area (Å²) in [5.41, 5.74) is 18.3. The van der Waals surface area contributed by atoms with Crippen molar-refractivity contribution in [2.75, 3.05) is 0 Å². The van der Waals surface area contributed by atoms with E-state index in [0.29, 0.717) is 5.82 Å². The third-order valence-corrected chi connectivity index (χ3v) is 14.7. The van der Waals surface area contributed by atoms with E-state index in [9.17, 15) is 0 Å². The standard InChI is InChI=1S/C64H46N2/c1-4-18-42(19-5-1)43-32-34-44(35-33-43)58-41-59(66-63(65-58)45-20-6-2-7-21-45)62-53-28-12-10-26-51(53)60(52-27-11-13-29-54(52)62)49-25-16-24-48(38-49)50-30-17-31-56-61(50)55-39-46-22-8-9-23-47(46)40-57(55)64(56)36-14-3-15-37-64/h1-2,4-13,16-35,38-41H,3,14-15,36-37H2. The zero-order valence-corrected chi connectivity index (χ0v) is 36.7. The van der Waals surface area contributed by atoms with Gasteiger partial charge in [-0.15, -0.1) is 0 Å². The van der Waals surface area contributed by atoms with E-state index in [1.165, 1.54) is 120 Å². The molecule has 312 valence electrons. The monoisotopic (exact) mass is 842 g/mol. The molecule has 1 heterocycles. The summed E-state index contributed by atoms with van der Waals surface area (Å²) < 4.78 is 0. The molecule has 1 saturated carbocycles. The fourth-order valence-corrected chi connectivity index (χ4v) is 11.6. The van der Waals surface area contributed by atoms with Crippen molar-refractivity contribution >= 4 is 32.3 Å². The van der Waals surface area contributed by atoms with E-state index >= 15 is 0 Å². The fourth-order valence-electron chi connectivity index (χ4n) is 11.6. The molecule has 0 unspecified atom stereocenters. The van der Waals surface area contributed by atoms with E-state index in [1.807, 2.05) is 6.07 Å². The summed E-state index contributed by atoms with van der Waals surface area (Å²) >= 11 is 0. The van der Waals surface area contributed by atoms with Crippen LogP contribution in [0.15, 0.2) is 218 Å². The van der Waals surface area contributed by atoms with Gasteiger partial charge in [0.25, 0.3) is 0 Å². The largest absolute Gasteiger partial charge is 0.228 e. The smallest absolute Gasteiger partial charge is 0.160 e. The number of nitrogens with zero attached hydrogens (tertiary/aromatic N) is 2. The van der Waals surface area contributed by atoms with Crippen molar-refractivity contribution in [3.05, 3.63) is 230 Å². The van der Waals surface area contributed by atoms with Gasteiger partial charge in [-0.25, -0.2) is 9.97 Å². The summed E-state index contributed by atoms with van der Waals surface area (Å²) in [7, 11) is 0. The molecular formula is C64H46N2. The predicted octanol–water partition coefficient (Wildman–Crippen LogP) is 17.2. The van der Waals surface area contributed by atoms with Gasteiger partial charge in [0.15, 0.2) is 5.82 Å². The van der Waals surface area contributed by atoms with Gasteiger partial charge in [-0.2, -0.15) is 0 Å². The van der Waals surface area contributed by atoms with Crippen LogP contribution >= 0.6 is 0 Å². The van der Waals surface area contributed by atoms with Crippen LogP contribution in [0.4, 0.5) is 0 Å². The number of hydrogen-bond donors (Lipinski definition) is 0. The van der Waals surface area contributed by atoms with Gasteiger partial charge < -0.3 is 0 Å². The lowest BCUT2D eigenvalue weighted by molar-refractivity contribution is 0.353. The van der Waals surface area contributed by atoms with Gasteiger partial charge in [0.2, 0.25) is 0 Å². The van der Waals surface area contributed by atoms with Crippen molar-refractivity contribution in [3.8, 4) is 78.4 Å². The first-order valence-electron chi connectivity index (χ1n) is 23.5. The topological polar surface area (TPSA) is 25.8 Å². The molecule has 1 fully saturated rings. The van der Waals surface area contributed by atoms with Crippen LogP contribution in [0.3, 0.4) is 0 Å². The minimum Gasteiger partial charge on any atom is -0.228 e. The molecule has 0 N–H and O–H groups in total. The lowest BCUT2D eigenvalue weighted by Crippen LogP contribution is -2.28. The van der Waals surface area contributed by atoms with E-state index in [2.05, 4.69) is 212 Å². The number of rotatable bonds is 6. The number of aromatic nitrogens is 2. The van der Waals surface area contributed by atoms with E-state index in [4.69, 9.17) is 9.97 Å². The maximum Gasteiger partial charge on any atom is 0.160 e. The maximum atomic E-state index is 5.42. The van der Waals surface area contributed by atoms with E-state index < -0.39 is 0 Å². The molecule has 66 heavy (non-hydrogen) atoms. The average molecular weight is 843 g/mol. The number of hydrogen-bond acceptors (Lipinski definition) is 2. The first-order valence-corrected chi connectivity index (χ1v) is 23.5. The Morgan fingerprint density at radius 2 is 0.833 bits per heavy atom. The molecule has 0 atom stereocenters. The molecule has 0 radical (unpaired) electrons. The first-order chi connectivity index (χ1) is 32.7. The van der Waals surface area contributed by atoms with Gasteiger partial charge in [-0.3, -0.25) is 0 Å². The molecule has 1 spiro atoms. The average Bonchev–Trinajstić information content (AvgIpc) is 3.64. The van der Waals surface area contributed by atoms with Crippen LogP contribution < -0.4 is 0 Å². The Hall–Kier alpha value is -7.94. The van der Waals surface area contributed by atoms with Crippen molar-refractivity contribution in [2.24, 2.45) is 0 Å². The van der Waals surface area contributed by atoms with Crippen molar-refractivity contribution in [3.63, 3.8) is 0 Å². The van der Waals surface area contributed by atoms with Crippen LogP contribution in [-0.2, 0) is 5.41 Å². The van der Waals surface area contributed by atoms with Gasteiger partial charge in [0.05, 0.1) is 11.4 Å². The highest BCUT2D eigenvalue weighted by Gasteiger charge is 2.44. The molecule has 2 aliphatic carbocycles. The van der Waals surface area contributed by atoms with Gasteiger partial charge in [0, 0.05) is 22.1 Å². The fraction of sp³-hybridized carbons (Fsp3) is 0.0938. The Morgan fingerprint density at radius 3 is 1.53 bits per heavy atom. The highest BCUT2D eigenvalue weighted by Crippen LogP contribution is 2.59. The Kier molecular flexibility index (Phi) is 9.13. The lowest BCUT2D eigenvalue weighted by Gasteiger charge is -2.36. The second-order valence-electron chi connectivity index (χ2n) is 18.3. The molecule has 10 aromatic carbocycles. The second kappa shape index (κ2) is 15.6. The Bertz CT molecular complexity index is 3600. The third-order valence-electron chi connectivity index (χ3n) is 14.7. The Balaban J connectivity index is 0.995. The highest BCUT2D eigenvalue weighted by atomic mass is 14.9. The molecule has 11 aromatic rings. The summed E-state index contributed by atoms with van der Waals surface area (Å²) in [6.07, 6.45) is 6.28. The molecule has 2 heteroatoms. The zero-order valence-electron chi connectivity index (χ0n) is 36.7. The molecule has 13 rings (SSSR count). The number of fused-ring (bicyclic) bond motifs is 8. The van der Waals surface area contributed by atoms with E-state index in [-0.39, 0.29) is 5.41 Å². The van der Waals surface area contributed by atoms with Crippen LogP contribution in [0.25, 0.3) is 111 Å². The summed E-state index contributed by atoms with van der Waals surface area (Å²) in [5, 5.41) is 7.39. The van der Waals surface area contributed by atoms with Crippen LogP contribution in [0.5, 0.6) is 0 Å². The minimum absolute atomic E-state index is 0.0651. The molecule has 2 nitrogen and oxygen atoms in total. The van der Waals surface area contributed by atoms with Gasteiger partial charge in [-0.05, 0) is 125 Å². The number of benzene rings is 10. The third kappa shape index (κ3) is 6.24. The Labute approximate surface area is 385 Å². The quantitative estimate of drug-likeness (QED) is 0.156. The Morgan fingerprint density at radius 1 is 0.303 bits per heavy atom. The van der Waals surface area contributed by atoms with Crippen molar-refractivity contribution in [2.45, 2.75) is 37.5 Å². The van der Waals surface area contributed by atoms with Gasteiger partial charge in [0.1, 0.15) is 0 Å². The van der Waals surface area contributed by atoms with Crippen molar-refractivity contribution < 1.29 is 0 Å². The summed E-state index contributed by atoms with van der Waals surface area (Å²) in [6, 6.07) is 80.1. The van der Waals surface area contributed by atoms with Gasteiger partial charge in [-0.1, -0.05) is 213 Å². The molecule has 0 bridgehead atoms. The van der Waals surface area contributed by atoms with Crippen molar-refractivity contribution in [1.29, 1.82) is 0 Å². The van der Waals surface area contributed by atoms with Crippen molar-refractivity contribution in [1.82, 2.24) is 9.97 Å². The van der Waals surface area contributed by atoms with Crippen LogP contribution in [-0.4, -0.2) is 9.97 Å². The molecule has 0 aliphatic heterocycles. The molecule has 0 amide bonds. The van der Waals surface area contributed by atoms with E-state index in [1.54, 1.807) is 0 Å². The second-order valence-corrected chi connectivity index (χ2v) is 18.3. The van der Waals surface area contributed by atoms with E-state index in [0.717, 1.165) is 28.1 Å². The zero-order chi connectivity index (χ0) is 43.6. The molecule has 0 saturated heterocycles. The first kappa shape index (κ1) is 38.5. The van der Waals surface area contributed by atoms with Crippen LogP contribution in [0.1, 0.15) is 43.2 Å². The summed E-state index contributed by atoms with van der Waals surface area (Å²) in [4.78, 5) is 10.7. The summed E-state index contributed by atoms with van der Waals surface area (Å²) in [5.74, 6) is 0.708. The SMILES string of the molecule is c1ccc(-c2ccc(-c3cc(-c4c5ccccc5c(-c5cccc(-c6cccc7c6-c6cc8ccccc8cc6C76CCCCC6)c5)c5ccccc45)nc(-c4ccccc4)n3)cc2)cc1. The summed E-state index contributed by atoms with van der Waals surface area (Å²) in [6.45, 7) is 0. The van der Waals surface area contributed by atoms with Crippen LogP contribution in [0.2, 0.25) is 0 Å². The van der Waals surface area contributed by atoms with Gasteiger partial charge >= 0.3 is 0 Å². The molecule has 2 aliphatic rings. The highest BCUT2D eigenvalue weighted by molar-refractivity contribution is 6.21. The predicted molar refractivity (Wildman–Crippen MR) is 276 cm³/mol. The minimum atomic E-state index is 0.0651. The molecule has 1 aromatic heterocycles. The van der Waals surface area contributed by atoms with Crippen LogP contribution in [0, 0.1) is 0 Å².